The molecule has 1 amide bonds. The molecule has 0 heterocycles. The molecular formula is C19H21NO3. The Morgan fingerprint density at radius 2 is 1.61 bits per heavy atom. The van der Waals surface area contributed by atoms with E-state index in [-0.39, 0.29) is 12.5 Å². The van der Waals surface area contributed by atoms with E-state index in [4.69, 9.17) is 4.74 Å². The van der Waals surface area contributed by atoms with Crippen molar-refractivity contribution in [3.8, 4) is 0 Å². The third-order valence-electron chi connectivity index (χ3n) is 3.69. The van der Waals surface area contributed by atoms with Crippen molar-refractivity contribution in [3.63, 3.8) is 0 Å². The number of anilines is 1. The molecule has 0 aliphatic heterocycles. The van der Waals surface area contributed by atoms with Gasteiger partial charge in [-0.05, 0) is 50.5 Å². The molecule has 0 spiro atoms. The Morgan fingerprint density at radius 1 is 0.957 bits per heavy atom. The lowest BCUT2D eigenvalue weighted by atomic mass is 10.1. The van der Waals surface area contributed by atoms with Crippen LogP contribution < -0.4 is 5.32 Å². The number of benzene rings is 2. The molecule has 0 saturated heterocycles. The van der Waals surface area contributed by atoms with Crippen molar-refractivity contribution in [1.29, 1.82) is 0 Å². The van der Waals surface area contributed by atoms with Crippen molar-refractivity contribution in [3.05, 3.63) is 64.2 Å². The van der Waals surface area contributed by atoms with Gasteiger partial charge in [0.25, 0.3) is 5.91 Å². The van der Waals surface area contributed by atoms with Gasteiger partial charge in [0.1, 0.15) is 0 Å². The van der Waals surface area contributed by atoms with Crippen LogP contribution in [-0.2, 0) is 9.53 Å². The summed E-state index contributed by atoms with van der Waals surface area (Å²) in [6, 6.07) is 11.3. The number of aryl methyl sites for hydroxylation is 4. The van der Waals surface area contributed by atoms with Crippen LogP contribution >= 0.6 is 0 Å². The second kappa shape index (κ2) is 7.09. The highest BCUT2D eigenvalue weighted by molar-refractivity contribution is 5.97. The molecule has 120 valence electrons. The molecule has 0 aliphatic carbocycles. The molecule has 0 saturated carbocycles. The lowest BCUT2D eigenvalue weighted by Crippen LogP contribution is -2.22. The molecule has 0 unspecified atom stereocenters. The first-order valence-electron chi connectivity index (χ1n) is 7.49. The maximum Gasteiger partial charge on any atom is 0.338 e. The number of nitrogens with one attached hydrogen (secondary N) is 1. The molecule has 2 aromatic rings. The van der Waals surface area contributed by atoms with Gasteiger partial charge < -0.3 is 10.1 Å². The van der Waals surface area contributed by atoms with E-state index in [0.29, 0.717) is 5.56 Å². The van der Waals surface area contributed by atoms with Gasteiger partial charge in [0.2, 0.25) is 0 Å². The number of ether oxygens (including phenoxy) is 1. The average molecular weight is 311 g/mol. The highest BCUT2D eigenvalue weighted by atomic mass is 16.5. The van der Waals surface area contributed by atoms with Gasteiger partial charge in [-0.3, -0.25) is 4.79 Å². The van der Waals surface area contributed by atoms with E-state index in [1.165, 1.54) is 0 Å². The third-order valence-corrected chi connectivity index (χ3v) is 3.69. The predicted molar refractivity (Wildman–Crippen MR) is 90.7 cm³/mol. The van der Waals surface area contributed by atoms with Crippen LogP contribution in [-0.4, -0.2) is 18.5 Å². The monoisotopic (exact) mass is 311 g/mol. The van der Waals surface area contributed by atoms with Gasteiger partial charge in [0, 0.05) is 5.69 Å². The fourth-order valence-electron chi connectivity index (χ4n) is 2.35. The van der Waals surface area contributed by atoms with Crippen molar-refractivity contribution in [2.45, 2.75) is 27.7 Å². The van der Waals surface area contributed by atoms with Crippen LogP contribution in [0.25, 0.3) is 0 Å². The van der Waals surface area contributed by atoms with Gasteiger partial charge in [-0.2, -0.15) is 0 Å². The summed E-state index contributed by atoms with van der Waals surface area (Å²) in [6.45, 7) is 7.28. The third kappa shape index (κ3) is 4.19. The van der Waals surface area contributed by atoms with Crippen LogP contribution in [0.1, 0.15) is 32.6 Å². The molecule has 2 rings (SSSR count). The molecule has 0 aromatic heterocycles. The Hall–Kier alpha value is -2.62. The number of amides is 1. The molecule has 0 atom stereocenters. The van der Waals surface area contributed by atoms with E-state index in [1.54, 1.807) is 6.07 Å². The molecule has 2 aromatic carbocycles. The number of carbonyl (C=O) groups is 2. The second-order valence-electron chi connectivity index (χ2n) is 5.71. The van der Waals surface area contributed by atoms with Crippen LogP contribution in [0.4, 0.5) is 5.69 Å². The summed E-state index contributed by atoms with van der Waals surface area (Å²) in [5, 5.41) is 2.80. The number of carbonyl (C=O) groups excluding carboxylic acids is 2. The molecule has 1 N–H and O–H groups in total. The van der Waals surface area contributed by atoms with Crippen molar-refractivity contribution >= 4 is 17.6 Å². The average Bonchev–Trinajstić information content (AvgIpc) is 2.51. The Bertz CT molecular complexity index is 730. The number of esters is 1. The van der Waals surface area contributed by atoms with Crippen LogP contribution in [0.2, 0.25) is 0 Å². The van der Waals surface area contributed by atoms with Gasteiger partial charge in [0.15, 0.2) is 6.61 Å². The summed E-state index contributed by atoms with van der Waals surface area (Å²) in [5.74, 6) is -0.830. The summed E-state index contributed by atoms with van der Waals surface area (Å²) in [4.78, 5) is 24.1. The number of rotatable bonds is 4. The minimum Gasteiger partial charge on any atom is -0.452 e. The molecule has 0 radical (unpaired) electrons. The van der Waals surface area contributed by atoms with Crippen LogP contribution in [0.3, 0.4) is 0 Å². The summed E-state index contributed by atoms with van der Waals surface area (Å²) < 4.78 is 5.13. The van der Waals surface area contributed by atoms with E-state index >= 15 is 0 Å². The quantitative estimate of drug-likeness (QED) is 0.876. The van der Waals surface area contributed by atoms with Crippen molar-refractivity contribution in [1.82, 2.24) is 0 Å². The zero-order valence-corrected chi connectivity index (χ0v) is 13.9. The van der Waals surface area contributed by atoms with Crippen LogP contribution in [0, 0.1) is 27.7 Å². The number of hydrogen-bond donors (Lipinski definition) is 1. The molecule has 0 fully saturated rings. The van der Waals surface area contributed by atoms with Gasteiger partial charge in [0.05, 0.1) is 5.56 Å². The Labute approximate surface area is 136 Å². The Morgan fingerprint density at radius 3 is 2.26 bits per heavy atom. The highest BCUT2D eigenvalue weighted by Gasteiger charge is 2.14. The first-order valence-corrected chi connectivity index (χ1v) is 7.49. The molecule has 0 aliphatic rings. The van der Waals surface area contributed by atoms with E-state index in [0.717, 1.165) is 27.9 Å². The van der Waals surface area contributed by atoms with Crippen molar-refractivity contribution in [2.24, 2.45) is 0 Å². The Kier molecular flexibility index (Phi) is 5.16. The topological polar surface area (TPSA) is 55.4 Å². The van der Waals surface area contributed by atoms with Crippen molar-refractivity contribution in [2.75, 3.05) is 11.9 Å². The molecule has 23 heavy (non-hydrogen) atoms. The second-order valence-corrected chi connectivity index (χ2v) is 5.71. The van der Waals surface area contributed by atoms with E-state index in [9.17, 15) is 9.59 Å². The maximum atomic E-state index is 12.1. The maximum absolute atomic E-state index is 12.1. The zero-order chi connectivity index (χ0) is 17.0. The smallest absolute Gasteiger partial charge is 0.338 e. The van der Waals surface area contributed by atoms with Crippen molar-refractivity contribution < 1.29 is 14.3 Å². The lowest BCUT2D eigenvalue weighted by molar-refractivity contribution is -0.119. The minimum absolute atomic E-state index is 0.306. The number of hydrogen-bond acceptors (Lipinski definition) is 3. The zero-order valence-electron chi connectivity index (χ0n) is 13.9. The fourth-order valence-corrected chi connectivity index (χ4v) is 2.35. The van der Waals surface area contributed by atoms with Crippen LogP contribution in [0.5, 0.6) is 0 Å². The van der Waals surface area contributed by atoms with E-state index in [2.05, 4.69) is 5.32 Å². The van der Waals surface area contributed by atoms with Gasteiger partial charge in [-0.1, -0.05) is 35.9 Å². The molecule has 4 nitrogen and oxygen atoms in total. The highest BCUT2D eigenvalue weighted by Crippen LogP contribution is 2.19. The first-order chi connectivity index (χ1) is 10.9. The Balaban J connectivity index is 1.99. The van der Waals surface area contributed by atoms with Gasteiger partial charge in [-0.25, -0.2) is 4.79 Å². The predicted octanol–water partition coefficient (Wildman–Crippen LogP) is 3.72. The van der Waals surface area contributed by atoms with Crippen LogP contribution in [0.15, 0.2) is 36.4 Å². The minimum atomic E-state index is -0.483. The first kappa shape index (κ1) is 16.7. The SMILES string of the molecule is Cc1ccc(C)c(C(=O)OCC(=O)Nc2c(C)cccc2C)c1. The molecular weight excluding hydrogens is 290 g/mol. The van der Waals surface area contributed by atoms with E-state index < -0.39 is 5.97 Å². The lowest BCUT2D eigenvalue weighted by Gasteiger charge is -2.12. The summed E-state index contributed by atoms with van der Waals surface area (Å²) >= 11 is 0. The normalized spacial score (nSPS) is 10.3. The number of para-hydroxylation sites is 1. The summed E-state index contributed by atoms with van der Waals surface area (Å²) in [6.07, 6.45) is 0. The van der Waals surface area contributed by atoms with E-state index in [1.807, 2.05) is 58.0 Å². The summed E-state index contributed by atoms with van der Waals surface area (Å²) in [5.41, 5.74) is 5.00. The fraction of sp³-hybridized carbons (Fsp3) is 0.263. The summed E-state index contributed by atoms with van der Waals surface area (Å²) in [7, 11) is 0. The van der Waals surface area contributed by atoms with Gasteiger partial charge in [-0.15, -0.1) is 0 Å². The molecule has 0 bridgehead atoms. The largest absolute Gasteiger partial charge is 0.452 e. The van der Waals surface area contributed by atoms with Gasteiger partial charge >= 0.3 is 5.97 Å². The standard InChI is InChI=1S/C19H21NO3/c1-12-8-9-13(2)16(10-12)19(22)23-11-17(21)20-18-14(3)6-5-7-15(18)4/h5-10H,11H2,1-4H3,(H,20,21). The molecule has 4 heteroatoms.